The van der Waals surface area contributed by atoms with Gasteiger partial charge in [0, 0.05) is 48.2 Å². The Labute approximate surface area is 236 Å². The quantitative estimate of drug-likeness (QED) is 0.272. The number of hydrogen-bond donors (Lipinski definition) is 2. The number of fused-ring (bicyclic) bond motifs is 1. The molecule has 4 aromatic rings. The minimum Gasteiger partial charge on any atom is -0.493 e. The Morgan fingerprint density at radius 3 is 2.41 bits per heavy atom. The summed E-state index contributed by atoms with van der Waals surface area (Å²) in [7, 11) is 2.98. The number of hydrogen-bond acceptors (Lipinski definition) is 5. The van der Waals surface area contributed by atoms with Crippen molar-refractivity contribution in [2.24, 2.45) is 0 Å². The van der Waals surface area contributed by atoms with Crippen molar-refractivity contribution in [2.45, 2.75) is 12.6 Å². The normalized spacial score (nSPS) is 14.3. The van der Waals surface area contributed by atoms with Crippen LogP contribution in [0.1, 0.15) is 15.9 Å². The first-order valence-corrected chi connectivity index (χ1v) is 13.4. The second-order valence-corrected chi connectivity index (χ2v) is 9.89. The van der Waals surface area contributed by atoms with Gasteiger partial charge in [-0.1, -0.05) is 18.2 Å². The lowest BCUT2D eigenvalue weighted by Gasteiger charge is -2.26. The van der Waals surface area contributed by atoms with Gasteiger partial charge in [-0.05, 0) is 59.2 Å². The van der Waals surface area contributed by atoms with Gasteiger partial charge in [0.2, 0.25) is 0 Å². The summed E-state index contributed by atoms with van der Waals surface area (Å²) in [6, 6.07) is 17.5. The van der Waals surface area contributed by atoms with E-state index < -0.39 is 12.6 Å². The van der Waals surface area contributed by atoms with Crippen LogP contribution in [0.2, 0.25) is 0 Å². The van der Waals surface area contributed by atoms with Crippen molar-refractivity contribution in [3.05, 3.63) is 71.8 Å². The van der Waals surface area contributed by atoms with Crippen LogP contribution in [-0.2, 0) is 11.2 Å². The molecule has 7 nitrogen and oxygen atoms in total. The number of benzene rings is 3. The summed E-state index contributed by atoms with van der Waals surface area (Å²) in [6.07, 6.45) is -5.53. The Hall–Kier alpha value is -4.02. The van der Waals surface area contributed by atoms with Gasteiger partial charge < -0.3 is 24.5 Å². The molecule has 5 rings (SSSR count). The largest absolute Gasteiger partial charge is 0.493 e. The molecule has 0 radical (unpaired) electrons. The minimum atomic E-state index is -4.42. The number of aromatic amines is 1. The summed E-state index contributed by atoms with van der Waals surface area (Å²) in [6.45, 7) is 4.33. The van der Waals surface area contributed by atoms with Crippen molar-refractivity contribution in [3.8, 4) is 33.9 Å². The maximum absolute atomic E-state index is 13.8. The number of H-pyrrole nitrogens is 1. The summed E-state index contributed by atoms with van der Waals surface area (Å²) >= 11 is 0. The number of halogens is 3. The van der Waals surface area contributed by atoms with Gasteiger partial charge in [0.25, 0.3) is 5.91 Å². The summed E-state index contributed by atoms with van der Waals surface area (Å²) in [5.41, 5.74) is 3.56. The van der Waals surface area contributed by atoms with E-state index in [0.717, 1.165) is 25.2 Å². The number of aromatic nitrogens is 1. The number of morpholine rings is 1. The number of nitrogens with one attached hydrogen (secondary N) is 2. The Kier molecular flexibility index (Phi) is 8.51. The van der Waals surface area contributed by atoms with Gasteiger partial charge >= 0.3 is 6.18 Å². The predicted molar refractivity (Wildman–Crippen MR) is 152 cm³/mol. The number of carbonyl (C=O) groups excluding carboxylic acids is 1. The molecule has 0 bridgehead atoms. The average Bonchev–Trinajstić information content (AvgIpc) is 3.33. The van der Waals surface area contributed by atoms with Crippen molar-refractivity contribution in [1.29, 1.82) is 0 Å². The molecular weight excluding hydrogens is 535 g/mol. The van der Waals surface area contributed by atoms with Crippen molar-refractivity contribution in [2.75, 3.05) is 53.6 Å². The van der Waals surface area contributed by atoms with Crippen LogP contribution in [-0.4, -0.2) is 75.6 Å². The van der Waals surface area contributed by atoms with E-state index in [2.05, 4.69) is 15.2 Å². The minimum absolute atomic E-state index is 0.138. The Balaban J connectivity index is 1.45. The van der Waals surface area contributed by atoms with Crippen molar-refractivity contribution in [3.63, 3.8) is 0 Å². The Bertz CT molecular complexity index is 1530. The van der Waals surface area contributed by atoms with Crippen LogP contribution in [0.5, 0.6) is 11.5 Å². The number of ether oxygens (including phenoxy) is 3. The molecule has 0 saturated carbocycles. The molecule has 1 amide bonds. The lowest BCUT2D eigenvalue weighted by molar-refractivity contribution is -0.126. The van der Waals surface area contributed by atoms with Crippen LogP contribution in [0.15, 0.2) is 60.7 Å². The lowest BCUT2D eigenvalue weighted by Crippen LogP contribution is -2.41. The Morgan fingerprint density at radius 2 is 1.68 bits per heavy atom. The highest BCUT2D eigenvalue weighted by Crippen LogP contribution is 2.39. The molecule has 10 heteroatoms. The van der Waals surface area contributed by atoms with E-state index in [1.54, 1.807) is 48.5 Å². The molecule has 0 spiro atoms. The summed E-state index contributed by atoms with van der Waals surface area (Å²) < 4.78 is 57.4. The number of alkyl halides is 3. The number of nitrogens with zero attached hydrogens (tertiary/aromatic N) is 1. The first-order chi connectivity index (χ1) is 19.8. The van der Waals surface area contributed by atoms with Gasteiger partial charge in [0.05, 0.1) is 39.5 Å². The fraction of sp³-hybridized carbons (Fsp3) is 0.323. The fourth-order valence-electron chi connectivity index (χ4n) is 5.14. The third-order valence-corrected chi connectivity index (χ3v) is 7.23. The molecule has 3 aromatic carbocycles. The molecule has 1 aromatic heterocycles. The monoisotopic (exact) mass is 567 g/mol. The van der Waals surface area contributed by atoms with Gasteiger partial charge in [-0.3, -0.25) is 9.69 Å². The van der Waals surface area contributed by atoms with Gasteiger partial charge in [-0.15, -0.1) is 0 Å². The molecule has 1 aliphatic rings. The molecule has 41 heavy (non-hydrogen) atoms. The number of amides is 1. The molecule has 0 aliphatic carbocycles. The zero-order valence-electron chi connectivity index (χ0n) is 22.9. The first-order valence-electron chi connectivity index (χ1n) is 13.4. The summed E-state index contributed by atoms with van der Waals surface area (Å²) in [4.78, 5) is 18.3. The SMILES string of the molecule is COc1ccc(-c2[nH]c3ccc(-c4cccc(C(=O)NCCN5CCOCC5)c4)cc3c2CC(F)(F)F)cc1OC. The molecule has 1 fully saturated rings. The third kappa shape index (κ3) is 6.66. The van der Waals surface area contributed by atoms with Gasteiger partial charge in [-0.25, -0.2) is 0 Å². The van der Waals surface area contributed by atoms with Crippen LogP contribution < -0.4 is 14.8 Å². The maximum atomic E-state index is 13.8. The van der Waals surface area contributed by atoms with E-state index in [1.807, 2.05) is 12.1 Å². The van der Waals surface area contributed by atoms with Crippen LogP contribution in [0.25, 0.3) is 33.3 Å². The van der Waals surface area contributed by atoms with Crippen molar-refractivity contribution in [1.82, 2.24) is 15.2 Å². The smallest absolute Gasteiger partial charge is 0.393 e. The van der Waals surface area contributed by atoms with Crippen molar-refractivity contribution >= 4 is 16.8 Å². The molecule has 2 heterocycles. The van der Waals surface area contributed by atoms with Crippen LogP contribution in [0.3, 0.4) is 0 Å². The first kappa shape index (κ1) is 28.5. The molecule has 216 valence electrons. The van der Waals surface area contributed by atoms with Crippen LogP contribution in [0, 0.1) is 0 Å². The zero-order valence-corrected chi connectivity index (χ0v) is 22.9. The second kappa shape index (κ2) is 12.2. The number of carbonyl (C=O) groups is 1. The summed E-state index contributed by atoms with van der Waals surface area (Å²) in [5.74, 6) is 0.704. The van der Waals surface area contributed by atoms with E-state index in [1.165, 1.54) is 14.2 Å². The molecule has 0 unspecified atom stereocenters. The van der Waals surface area contributed by atoms with E-state index in [0.29, 0.717) is 64.5 Å². The topological polar surface area (TPSA) is 75.8 Å². The highest BCUT2D eigenvalue weighted by Gasteiger charge is 2.31. The summed E-state index contributed by atoms with van der Waals surface area (Å²) in [5, 5.41) is 3.42. The Morgan fingerprint density at radius 1 is 0.951 bits per heavy atom. The highest BCUT2D eigenvalue weighted by atomic mass is 19.4. The molecule has 1 aliphatic heterocycles. The fourth-order valence-corrected chi connectivity index (χ4v) is 5.14. The van der Waals surface area contributed by atoms with E-state index >= 15 is 0 Å². The van der Waals surface area contributed by atoms with E-state index in [-0.39, 0.29) is 11.5 Å². The van der Waals surface area contributed by atoms with Gasteiger partial charge in [0.15, 0.2) is 11.5 Å². The molecular formula is C31H32F3N3O4. The highest BCUT2D eigenvalue weighted by molar-refractivity contribution is 5.97. The van der Waals surface area contributed by atoms with Gasteiger partial charge in [0.1, 0.15) is 0 Å². The zero-order chi connectivity index (χ0) is 29.0. The predicted octanol–water partition coefficient (Wildman–Crippen LogP) is 5.69. The third-order valence-electron chi connectivity index (χ3n) is 7.23. The van der Waals surface area contributed by atoms with E-state index in [9.17, 15) is 18.0 Å². The number of methoxy groups -OCH3 is 2. The van der Waals surface area contributed by atoms with Crippen molar-refractivity contribution < 1.29 is 32.2 Å². The lowest BCUT2D eigenvalue weighted by atomic mass is 9.98. The molecule has 2 N–H and O–H groups in total. The van der Waals surface area contributed by atoms with Gasteiger partial charge in [-0.2, -0.15) is 13.2 Å². The standard InChI is InChI=1S/C31H32F3N3O4/c1-39-27-9-7-22(18-28(27)40-2)29-25(19-31(32,33)34)24-17-21(6-8-26(24)36-29)20-4-3-5-23(16-20)30(38)35-10-11-37-12-14-41-15-13-37/h3-9,16-18,36H,10-15,19H2,1-2H3,(H,35,38). The van der Waals surface area contributed by atoms with E-state index in [4.69, 9.17) is 14.2 Å². The number of rotatable bonds is 9. The average molecular weight is 568 g/mol. The van der Waals surface area contributed by atoms with Crippen LogP contribution >= 0.6 is 0 Å². The van der Waals surface area contributed by atoms with Crippen LogP contribution in [0.4, 0.5) is 13.2 Å². The molecule has 1 saturated heterocycles. The second-order valence-electron chi connectivity index (χ2n) is 9.89. The molecule has 0 atom stereocenters. The maximum Gasteiger partial charge on any atom is 0.393 e.